The number of aldehydes is 1. The van der Waals surface area contributed by atoms with Crippen molar-refractivity contribution in [3.8, 4) is 11.8 Å². The molecule has 0 bridgehead atoms. The fourth-order valence-corrected chi connectivity index (χ4v) is 1.52. The summed E-state index contributed by atoms with van der Waals surface area (Å²) in [4.78, 5) is 10.6. The molecule has 0 amide bonds. The van der Waals surface area contributed by atoms with E-state index in [1.165, 1.54) is 6.07 Å². The van der Waals surface area contributed by atoms with E-state index in [0.29, 0.717) is 34.0 Å². The van der Waals surface area contributed by atoms with Crippen molar-refractivity contribution in [1.82, 2.24) is 5.32 Å². The van der Waals surface area contributed by atoms with Crippen molar-refractivity contribution in [2.45, 2.75) is 6.92 Å². The summed E-state index contributed by atoms with van der Waals surface area (Å²) in [6, 6.07) is 6.73. The number of carbonyl (C=O) groups is 1. The van der Waals surface area contributed by atoms with Crippen LogP contribution in [0.4, 0.5) is 0 Å². The van der Waals surface area contributed by atoms with Crippen LogP contribution in [-0.4, -0.2) is 13.3 Å². The van der Waals surface area contributed by atoms with E-state index in [0.717, 1.165) is 0 Å². The number of halogens is 1. The van der Waals surface area contributed by atoms with Gasteiger partial charge in [-0.2, -0.15) is 5.26 Å². The highest BCUT2D eigenvalue weighted by molar-refractivity contribution is 6.32. The highest BCUT2D eigenvalue weighted by atomic mass is 35.5. The summed E-state index contributed by atoms with van der Waals surface area (Å²) in [5.74, 6) is 0.859. The Bertz CT molecular complexity index is 571. The minimum atomic E-state index is 0.328. The van der Waals surface area contributed by atoms with Gasteiger partial charge in [0.15, 0.2) is 0 Å². The summed E-state index contributed by atoms with van der Waals surface area (Å²) < 4.78 is 5.58. The Morgan fingerprint density at radius 3 is 2.79 bits per heavy atom. The third-order valence-corrected chi connectivity index (χ3v) is 2.44. The number of allylic oxidation sites excluding steroid dienone is 2. The Hall–Kier alpha value is -2.25. The fraction of sp³-hybridized carbons (Fsp3) is 0.143. The summed E-state index contributed by atoms with van der Waals surface area (Å²) in [6.45, 7) is 1.67. The van der Waals surface area contributed by atoms with Crippen LogP contribution in [0.1, 0.15) is 17.3 Å². The van der Waals surface area contributed by atoms with Gasteiger partial charge in [-0.25, -0.2) is 0 Å². The lowest BCUT2D eigenvalue weighted by Crippen LogP contribution is -2.01. The van der Waals surface area contributed by atoms with Crippen LogP contribution >= 0.6 is 11.6 Å². The summed E-state index contributed by atoms with van der Waals surface area (Å²) in [5, 5.41) is 11.9. The van der Waals surface area contributed by atoms with Gasteiger partial charge in [-0.15, -0.1) is 0 Å². The van der Waals surface area contributed by atoms with E-state index in [9.17, 15) is 4.79 Å². The maximum Gasteiger partial charge on any atom is 0.150 e. The van der Waals surface area contributed by atoms with E-state index in [1.807, 2.05) is 6.07 Å². The van der Waals surface area contributed by atoms with E-state index in [4.69, 9.17) is 21.6 Å². The lowest BCUT2D eigenvalue weighted by atomic mass is 10.2. The molecule has 1 rings (SSSR count). The minimum absolute atomic E-state index is 0.328. The quantitative estimate of drug-likeness (QED) is 0.389. The van der Waals surface area contributed by atoms with Gasteiger partial charge in [0.1, 0.15) is 17.8 Å². The summed E-state index contributed by atoms with van der Waals surface area (Å²) >= 11 is 6.01. The molecule has 1 aromatic rings. The number of carbonyl (C=O) groups excluding carboxylic acids is 1. The Labute approximate surface area is 116 Å². The van der Waals surface area contributed by atoms with Crippen molar-refractivity contribution in [2.75, 3.05) is 7.05 Å². The molecule has 0 aliphatic carbocycles. The summed E-state index contributed by atoms with van der Waals surface area (Å²) in [6.07, 6.45) is 3.89. The third-order valence-electron chi connectivity index (χ3n) is 2.14. The van der Waals surface area contributed by atoms with Crippen molar-refractivity contribution < 1.29 is 9.53 Å². The SMILES string of the molecule is CN/C=C(\C=C(/C)C#N)Oc1ccc(C=O)cc1Cl. The van der Waals surface area contributed by atoms with Crippen molar-refractivity contribution in [2.24, 2.45) is 0 Å². The van der Waals surface area contributed by atoms with Gasteiger partial charge >= 0.3 is 0 Å². The minimum Gasteiger partial charge on any atom is -0.454 e. The number of nitriles is 1. The summed E-state index contributed by atoms with van der Waals surface area (Å²) in [7, 11) is 1.72. The maximum atomic E-state index is 10.6. The predicted molar refractivity (Wildman–Crippen MR) is 74.0 cm³/mol. The molecule has 0 aromatic heterocycles. The normalized spacial score (nSPS) is 11.7. The zero-order valence-corrected chi connectivity index (χ0v) is 11.4. The largest absolute Gasteiger partial charge is 0.454 e. The fourth-order valence-electron chi connectivity index (χ4n) is 1.29. The molecular weight excluding hydrogens is 264 g/mol. The van der Waals surface area contributed by atoms with E-state index < -0.39 is 0 Å². The van der Waals surface area contributed by atoms with Gasteiger partial charge < -0.3 is 10.1 Å². The van der Waals surface area contributed by atoms with Crippen LogP contribution in [-0.2, 0) is 0 Å². The van der Waals surface area contributed by atoms with Crippen LogP contribution in [0, 0.1) is 11.3 Å². The van der Waals surface area contributed by atoms with Crippen LogP contribution < -0.4 is 10.1 Å². The van der Waals surface area contributed by atoms with E-state index >= 15 is 0 Å². The molecule has 0 unspecified atom stereocenters. The smallest absolute Gasteiger partial charge is 0.150 e. The molecule has 5 heteroatoms. The molecule has 4 nitrogen and oxygen atoms in total. The number of hydrogen-bond acceptors (Lipinski definition) is 4. The van der Waals surface area contributed by atoms with Crippen LogP contribution in [0.15, 0.2) is 41.8 Å². The standard InChI is InChI=1S/C14H13ClN2O2/c1-10(7-16)5-12(8-17-2)19-14-4-3-11(9-18)6-13(14)15/h3-6,8-9,17H,1-2H3/b10-5+,12-8+. The van der Waals surface area contributed by atoms with Gasteiger partial charge in [0.2, 0.25) is 0 Å². The molecule has 0 heterocycles. The van der Waals surface area contributed by atoms with Crippen LogP contribution in [0.3, 0.4) is 0 Å². The Morgan fingerprint density at radius 1 is 1.53 bits per heavy atom. The molecule has 0 fully saturated rings. The van der Waals surface area contributed by atoms with E-state index in [2.05, 4.69) is 5.32 Å². The molecule has 0 saturated carbocycles. The first kappa shape index (κ1) is 14.8. The lowest BCUT2D eigenvalue weighted by Gasteiger charge is -2.09. The van der Waals surface area contributed by atoms with E-state index in [-0.39, 0.29) is 0 Å². The Morgan fingerprint density at radius 2 is 2.26 bits per heavy atom. The number of ether oxygens (including phenoxy) is 1. The number of nitrogens with zero attached hydrogens (tertiary/aromatic N) is 1. The number of benzene rings is 1. The molecule has 1 aromatic carbocycles. The van der Waals surface area contributed by atoms with Crippen molar-refractivity contribution in [3.05, 3.63) is 52.4 Å². The van der Waals surface area contributed by atoms with Crippen molar-refractivity contribution >= 4 is 17.9 Å². The van der Waals surface area contributed by atoms with Gasteiger partial charge in [0.25, 0.3) is 0 Å². The number of nitrogens with one attached hydrogen (secondary N) is 1. The first-order valence-electron chi connectivity index (χ1n) is 5.49. The molecule has 0 spiro atoms. The molecule has 98 valence electrons. The zero-order valence-electron chi connectivity index (χ0n) is 10.6. The molecular formula is C14H13ClN2O2. The first-order valence-corrected chi connectivity index (χ1v) is 5.87. The molecule has 0 saturated heterocycles. The average molecular weight is 277 g/mol. The second-order valence-electron chi connectivity index (χ2n) is 3.68. The zero-order chi connectivity index (χ0) is 14.3. The highest BCUT2D eigenvalue weighted by Gasteiger charge is 2.05. The van der Waals surface area contributed by atoms with Crippen LogP contribution in [0.25, 0.3) is 0 Å². The second-order valence-corrected chi connectivity index (χ2v) is 4.09. The average Bonchev–Trinajstić information content (AvgIpc) is 2.41. The molecule has 0 aliphatic heterocycles. The second kappa shape index (κ2) is 7.24. The van der Waals surface area contributed by atoms with Crippen LogP contribution in [0.5, 0.6) is 5.75 Å². The van der Waals surface area contributed by atoms with E-state index in [1.54, 1.807) is 38.4 Å². The third kappa shape index (κ3) is 4.49. The molecule has 19 heavy (non-hydrogen) atoms. The van der Waals surface area contributed by atoms with Gasteiger partial charge in [0.05, 0.1) is 11.1 Å². The summed E-state index contributed by atoms with van der Waals surface area (Å²) in [5.41, 5.74) is 0.974. The van der Waals surface area contributed by atoms with Crippen LogP contribution in [0.2, 0.25) is 5.02 Å². The number of rotatable bonds is 5. The van der Waals surface area contributed by atoms with Crippen molar-refractivity contribution in [1.29, 1.82) is 5.26 Å². The maximum absolute atomic E-state index is 10.6. The molecule has 0 aliphatic rings. The van der Waals surface area contributed by atoms with Gasteiger partial charge in [-0.3, -0.25) is 4.79 Å². The molecule has 0 atom stereocenters. The van der Waals surface area contributed by atoms with Gasteiger partial charge in [0, 0.05) is 24.4 Å². The lowest BCUT2D eigenvalue weighted by molar-refractivity contribution is 0.112. The Balaban J connectivity index is 3.02. The van der Waals surface area contributed by atoms with Gasteiger partial charge in [-0.1, -0.05) is 11.6 Å². The Kier molecular flexibility index (Phi) is 5.65. The van der Waals surface area contributed by atoms with Crippen molar-refractivity contribution in [3.63, 3.8) is 0 Å². The first-order chi connectivity index (χ1) is 9.10. The predicted octanol–water partition coefficient (Wildman–Crippen LogP) is 3.06. The number of hydrogen-bond donors (Lipinski definition) is 1. The monoisotopic (exact) mass is 276 g/mol. The highest BCUT2D eigenvalue weighted by Crippen LogP contribution is 2.27. The van der Waals surface area contributed by atoms with Gasteiger partial charge in [-0.05, 0) is 31.2 Å². The molecule has 0 radical (unpaired) electrons. The molecule has 1 N–H and O–H groups in total. The topological polar surface area (TPSA) is 62.1 Å².